The first-order valence-corrected chi connectivity index (χ1v) is 7.63. The molecule has 1 aliphatic heterocycles. The number of hydrogen-bond acceptors (Lipinski definition) is 7. The van der Waals surface area contributed by atoms with E-state index in [0.717, 1.165) is 0 Å². The van der Waals surface area contributed by atoms with Crippen molar-refractivity contribution in [3.63, 3.8) is 0 Å². The van der Waals surface area contributed by atoms with Gasteiger partial charge in [-0.2, -0.15) is 0 Å². The maximum absolute atomic E-state index is 12.0. The maximum Gasteiger partial charge on any atom is 0.410 e. The van der Waals surface area contributed by atoms with E-state index in [-0.39, 0.29) is 12.6 Å². The molecule has 0 unspecified atom stereocenters. The number of likely N-dealkylation sites (tertiary alicyclic amines) is 1. The minimum atomic E-state index is -0.626. The second kappa shape index (κ2) is 7.56. The molecule has 8 heteroatoms. The lowest BCUT2D eigenvalue weighted by Gasteiger charge is -2.24. The van der Waals surface area contributed by atoms with Crippen molar-refractivity contribution < 1.29 is 19.4 Å². The number of hydrogen-bond donors (Lipinski definition) is 2. The Bertz CT molecular complexity index is 506. The zero-order valence-corrected chi connectivity index (χ0v) is 13.7. The van der Waals surface area contributed by atoms with Crippen LogP contribution in [0.25, 0.3) is 0 Å². The van der Waals surface area contributed by atoms with Crippen molar-refractivity contribution in [1.29, 1.82) is 0 Å². The van der Waals surface area contributed by atoms with Gasteiger partial charge in [-0.3, -0.25) is 4.98 Å². The largest absolute Gasteiger partial charge is 0.475 e. The standard InChI is InChI=1S/C15H24N4O4/c1-15(2,3)23-14(21)19-9-11(12(20)10-19)17-6-7-22-13-8-16-4-5-18-13/h4-5,8,11-12,17,20H,6-7,9-10H2,1-3H3/t11-,12-/m1/s1. The Morgan fingerprint density at radius 2 is 2.22 bits per heavy atom. The molecule has 1 amide bonds. The lowest BCUT2D eigenvalue weighted by Crippen LogP contribution is -2.41. The molecule has 128 valence electrons. The van der Waals surface area contributed by atoms with Crippen LogP contribution in [-0.4, -0.2) is 70.1 Å². The second-order valence-corrected chi connectivity index (χ2v) is 6.41. The van der Waals surface area contributed by atoms with Gasteiger partial charge in [0, 0.05) is 25.5 Å². The Morgan fingerprint density at radius 3 is 2.87 bits per heavy atom. The van der Waals surface area contributed by atoms with Crippen LogP contribution in [-0.2, 0) is 4.74 Å². The quantitative estimate of drug-likeness (QED) is 0.758. The van der Waals surface area contributed by atoms with E-state index in [1.54, 1.807) is 12.4 Å². The summed E-state index contributed by atoms with van der Waals surface area (Å²) in [5.74, 6) is 0.455. The third-order valence-corrected chi connectivity index (χ3v) is 3.24. The van der Waals surface area contributed by atoms with E-state index in [4.69, 9.17) is 9.47 Å². The molecule has 2 rings (SSSR count). The molecular formula is C15H24N4O4. The molecular weight excluding hydrogens is 300 g/mol. The van der Waals surface area contributed by atoms with Crippen molar-refractivity contribution in [3.05, 3.63) is 18.6 Å². The van der Waals surface area contributed by atoms with E-state index < -0.39 is 17.8 Å². The summed E-state index contributed by atoms with van der Waals surface area (Å²) < 4.78 is 10.7. The molecule has 0 radical (unpaired) electrons. The first kappa shape index (κ1) is 17.4. The average Bonchev–Trinajstić information content (AvgIpc) is 2.84. The van der Waals surface area contributed by atoms with Gasteiger partial charge in [0.25, 0.3) is 0 Å². The van der Waals surface area contributed by atoms with Gasteiger partial charge in [-0.1, -0.05) is 0 Å². The topological polar surface area (TPSA) is 96.8 Å². The SMILES string of the molecule is CC(C)(C)OC(=O)N1C[C@@H](O)[C@H](NCCOc2cnccn2)C1. The molecule has 2 N–H and O–H groups in total. The summed E-state index contributed by atoms with van der Waals surface area (Å²) in [4.78, 5) is 21.4. The van der Waals surface area contributed by atoms with Gasteiger partial charge in [-0.05, 0) is 20.8 Å². The summed E-state index contributed by atoms with van der Waals surface area (Å²) >= 11 is 0. The number of aliphatic hydroxyl groups excluding tert-OH is 1. The summed E-state index contributed by atoms with van der Waals surface area (Å²) in [6.07, 6.45) is 3.64. The number of β-amino-alcohol motifs (C(OH)–C–C–N with tert-alkyl or cyclic N) is 1. The summed E-state index contributed by atoms with van der Waals surface area (Å²) in [5, 5.41) is 13.2. The second-order valence-electron chi connectivity index (χ2n) is 6.41. The lowest BCUT2D eigenvalue weighted by atomic mass is 10.2. The highest BCUT2D eigenvalue weighted by Gasteiger charge is 2.35. The molecule has 1 saturated heterocycles. The van der Waals surface area contributed by atoms with Crippen LogP contribution in [0.4, 0.5) is 4.79 Å². The molecule has 0 aliphatic carbocycles. The Hall–Kier alpha value is -1.93. The molecule has 2 heterocycles. The van der Waals surface area contributed by atoms with Crippen LogP contribution in [0.5, 0.6) is 5.88 Å². The first-order valence-electron chi connectivity index (χ1n) is 7.63. The smallest absolute Gasteiger partial charge is 0.410 e. The monoisotopic (exact) mass is 324 g/mol. The molecule has 8 nitrogen and oxygen atoms in total. The highest BCUT2D eigenvalue weighted by Crippen LogP contribution is 2.15. The van der Waals surface area contributed by atoms with Crippen molar-refractivity contribution in [2.75, 3.05) is 26.2 Å². The number of carbonyl (C=O) groups excluding carboxylic acids is 1. The number of nitrogens with zero attached hydrogens (tertiary/aromatic N) is 3. The normalized spacial score (nSPS) is 21.3. The molecule has 0 spiro atoms. The van der Waals surface area contributed by atoms with Gasteiger partial charge in [-0.15, -0.1) is 0 Å². The predicted molar refractivity (Wildman–Crippen MR) is 83.1 cm³/mol. The third-order valence-electron chi connectivity index (χ3n) is 3.24. The third kappa shape index (κ3) is 5.65. The lowest BCUT2D eigenvalue weighted by molar-refractivity contribution is 0.0270. The number of amides is 1. The maximum atomic E-state index is 12.0. The first-order chi connectivity index (χ1) is 10.8. The van der Waals surface area contributed by atoms with Gasteiger partial charge < -0.3 is 24.8 Å². The fraction of sp³-hybridized carbons (Fsp3) is 0.667. The van der Waals surface area contributed by atoms with Crippen molar-refractivity contribution in [1.82, 2.24) is 20.2 Å². The average molecular weight is 324 g/mol. The van der Waals surface area contributed by atoms with Crippen LogP contribution in [0, 0.1) is 0 Å². The predicted octanol–water partition coefficient (Wildman–Crippen LogP) is 0.425. The summed E-state index contributed by atoms with van der Waals surface area (Å²) in [6.45, 7) is 7.04. The van der Waals surface area contributed by atoms with E-state index in [2.05, 4.69) is 15.3 Å². The molecule has 0 aromatic carbocycles. The molecule has 1 aliphatic rings. The van der Waals surface area contributed by atoms with E-state index in [1.165, 1.54) is 11.1 Å². The number of carbonyl (C=O) groups is 1. The summed E-state index contributed by atoms with van der Waals surface area (Å²) in [6, 6.07) is -0.201. The van der Waals surface area contributed by atoms with Crippen LogP contribution in [0.1, 0.15) is 20.8 Å². The van der Waals surface area contributed by atoms with Crippen LogP contribution < -0.4 is 10.1 Å². The van der Waals surface area contributed by atoms with Crippen molar-refractivity contribution in [2.45, 2.75) is 38.5 Å². The number of rotatable bonds is 5. The van der Waals surface area contributed by atoms with Crippen molar-refractivity contribution >= 4 is 6.09 Å². The van der Waals surface area contributed by atoms with Gasteiger partial charge in [0.15, 0.2) is 0 Å². The van der Waals surface area contributed by atoms with E-state index in [1.807, 2.05) is 20.8 Å². The van der Waals surface area contributed by atoms with Crippen LogP contribution in [0.2, 0.25) is 0 Å². The fourth-order valence-electron chi connectivity index (χ4n) is 2.22. The highest BCUT2D eigenvalue weighted by atomic mass is 16.6. The Balaban J connectivity index is 1.71. The zero-order valence-electron chi connectivity index (χ0n) is 13.7. The van der Waals surface area contributed by atoms with Gasteiger partial charge >= 0.3 is 6.09 Å². The Morgan fingerprint density at radius 1 is 1.43 bits per heavy atom. The molecule has 0 bridgehead atoms. The van der Waals surface area contributed by atoms with E-state index in [9.17, 15) is 9.90 Å². The number of aromatic nitrogens is 2. The Labute approximate surface area is 135 Å². The molecule has 2 atom stereocenters. The van der Waals surface area contributed by atoms with Crippen molar-refractivity contribution in [3.8, 4) is 5.88 Å². The van der Waals surface area contributed by atoms with E-state index in [0.29, 0.717) is 25.6 Å². The number of nitrogens with one attached hydrogen (secondary N) is 1. The fourth-order valence-corrected chi connectivity index (χ4v) is 2.22. The molecule has 23 heavy (non-hydrogen) atoms. The molecule has 1 aromatic rings. The van der Waals surface area contributed by atoms with Gasteiger partial charge in [0.2, 0.25) is 5.88 Å². The minimum absolute atomic E-state index is 0.201. The summed E-state index contributed by atoms with van der Waals surface area (Å²) in [5.41, 5.74) is -0.544. The van der Waals surface area contributed by atoms with Gasteiger partial charge in [0.1, 0.15) is 12.2 Å². The molecule has 0 saturated carbocycles. The van der Waals surface area contributed by atoms with Crippen molar-refractivity contribution in [2.24, 2.45) is 0 Å². The zero-order chi connectivity index (χ0) is 16.9. The highest BCUT2D eigenvalue weighted by molar-refractivity contribution is 5.68. The van der Waals surface area contributed by atoms with E-state index >= 15 is 0 Å². The molecule has 1 aromatic heterocycles. The minimum Gasteiger partial charge on any atom is -0.475 e. The van der Waals surface area contributed by atoms with Gasteiger partial charge in [-0.25, -0.2) is 9.78 Å². The van der Waals surface area contributed by atoms with Crippen LogP contribution >= 0.6 is 0 Å². The molecule has 1 fully saturated rings. The van der Waals surface area contributed by atoms with Crippen LogP contribution in [0.3, 0.4) is 0 Å². The summed E-state index contributed by atoms with van der Waals surface area (Å²) in [7, 11) is 0. The van der Waals surface area contributed by atoms with Gasteiger partial charge in [0.05, 0.1) is 24.9 Å². The number of aliphatic hydroxyl groups is 1. The Kier molecular flexibility index (Phi) is 5.73. The van der Waals surface area contributed by atoms with Crippen LogP contribution in [0.15, 0.2) is 18.6 Å². The number of ether oxygens (including phenoxy) is 2.